The standard InChI is InChI=1S/C28H34FN3O3S2/c1-30-28(33)26-23-15-22(19-7-6-14-32(17-19)37(34)21-8-4-3-5-9-21)24(31(2)36)16-25(23)35-27(26)18-10-12-20(29)13-11-18/h10-13,15-16,19,21,36H,3-9,14,17H2,1-2H3,(H,30,33)/p+1/t19-,37?/m1/s1. The summed E-state index contributed by atoms with van der Waals surface area (Å²) in [5.41, 5.74) is 3.69. The largest absolute Gasteiger partial charge is 0.455 e. The summed E-state index contributed by atoms with van der Waals surface area (Å²) < 4.78 is 37.3. The second-order valence-corrected chi connectivity index (χ2v) is 12.5. The van der Waals surface area contributed by atoms with Gasteiger partial charge in [0.05, 0.1) is 42.1 Å². The molecule has 6 nitrogen and oxygen atoms in total. The topological polar surface area (TPSA) is 65.8 Å². The van der Waals surface area contributed by atoms with Gasteiger partial charge < -0.3 is 9.73 Å². The number of hydrogen-bond donors (Lipinski definition) is 1. The molecule has 3 aromatic rings. The Morgan fingerprint density at radius 2 is 1.86 bits per heavy atom. The molecule has 2 aliphatic rings. The van der Waals surface area contributed by atoms with E-state index >= 15 is 0 Å². The smallest absolute Gasteiger partial charge is 0.255 e. The second-order valence-electron chi connectivity index (χ2n) is 10.1. The Morgan fingerprint density at radius 1 is 1.14 bits per heavy atom. The van der Waals surface area contributed by atoms with Gasteiger partial charge in [-0.3, -0.25) is 4.79 Å². The Morgan fingerprint density at radius 3 is 2.54 bits per heavy atom. The van der Waals surface area contributed by atoms with Crippen LogP contribution in [-0.2, 0) is 23.8 Å². The molecule has 1 aliphatic carbocycles. The predicted octanol–water partition coefficient (Wildman–Crippen LogP) is 5.14. The first-order valence-electron chi connectivity index (χ1n) is 13.1. The molecule has 9 heteroatoms. The van der Waals surface area contributed by atoms with Crippen LogP contribution in [0.5, 0.6) is 0 Å². The van der Waals surface area contributed by atoms with Crippen LogP contribution in [0.15, 0.2) is 40.8 Å². The molecule has 1 amide bonds. The monoisotopic (exact) mass is 544 g/mol. The number of nitrogens with zero attached hydrogens (tertiary/aromatic N) is 2. The number of carbonyl (C=O) groups is 1. The number of hydrogen-bond acceptors (Lipinski definition) is 4. The molecule has 5 rings (SSSR count). The fourth-order valence-electron chi connectivity index (χ4n) is 5.76. The van der Waals surface area contributed by atoms with Gasteiger partial charge in [-0.05, 0) is 67.5 Å². The first-order chi connectivity index (χ1) is 17.9. The van der Waals surface area contributed by atoms with Gasteiger partial charge in [0.25, 0.3) is 5.91 Å². The van der Waals surface area contributed by atoms with E-state index < -0.39 is 11.0 Å². The average Bonchev–Trinajstić information content (AvgIpc) is 3.31. The van der Waals surface area contributed by atoms with Crippen molar-refractivity contribution in [2.24, 2.45) is 0 Å². The highest BCUT2D eigenvalue weighted by molar-refractivity contribution is 7.83. The van der Waals surface area contributed by atoms with Crippen LogP contribution in [0.4, 0.5) is 10.1 Å². The first-order valence-corrected chi connectivity index (χ1v) is 14.7. The zero-order valence-electron chi connectivity index (χ0n) is 21.4. The average molecular weight is 545 g/mol. The molecule has 2 aromatic carbocycles. The number of anilines is 1. The summed E-state index contributed by atoms with van der Waals surface area (Å²) in [4.78, 5) is 13.1. The van der Waals surface area contributed by atoms with E-state index in [9.17, 15) is 13.4 Å². The van der Waals surface area contributed by atoms with Gasteiger partial charge in [0.15, 0.2) is 0 Å². The minimum absolute atomic E-state index is 0.168. The Bertz CT molecular complexity index is 1300. The second kappa shape index (κ2) is 11.2. The molecule has 2 fully saturated rings. The summed E-state index contributed by atoms with van der Waals surface area (Å²) >= 11 is 3.67. The summed E-state index contributed by atoms with van der Waals surface area (Å²) in [5, 5.41) is 3.72. The SMILES string of the molecule is CNC(=O)c1c(-c2ccc(F)cc2)oc2cc(N(C)[SH2+])c([C@@H]3CCCN(S(=O)C4CCCCC4)C3)cc12. The molecule has 0 radical (unpaired) electrons. The first kappa shape index (κ1) is 26.3. The lowest BCUT2D eigenvalue weighted by Gasteiger charge is -2.35. The van der Waals surface area contributed by atoms with E-state index in [-0.39, 0.29) is 22.9 Å². The van der Waals surface area contributed by atoms with Gasteiger partial charge in [0.2, 0.25) is 0 Å². The van der Waals surface area contributed by atoms with E-state index in [1.165, 1.54) is 31.4 Å². The van der Waals surface area contributed by atoms with Crippen LogP contribution in [0.1, 0.15) is 66.8 Å². The lowest BCUT2D eigenvalue weighted by atomic mass is 9.89. The quantitative estimate of drug-likeness (QED) is 0.437. The third-order valence-corrected chi connectivity index (χ3v) is 9.80. The molecule has 1 aliphatic heterocycles. The minimum Gasteiger partial charge on any atom is -0.455 e. The van der Waals surface area contributed by atoms with Gasteiger partial charge in [0.1, 0.15) is 17.2 Å². The number of fused-ring (bicyclic) bond motifs is 1. The molecule has 1 unspecified atom stereocenters. The van der Waals surface area contributed by atoms with E-state index in [0.29, 0.717) is 22.5 Å². The number of rotatable bonds is 6. The van der Waals surface area contributed by atoms with E-state index in [1.54, 1.807) is 19.2 Å². The Kier molecular flexibility index (Phi) is 7.93. The van der Waals surface area contributed by atoms with Gasteiger partial charge in [-0.1, -0.05) is 19.3 Å². The van der Waals surface area contributed by atoms with E-state index in [2.05, 4.69) is 28.5 Å². The van der Waals surface area contributed by atoms with Crippen LogP contribution in [0.2, 0.25) is 0 Å². The lowest BCUT2D eigenvalue weighted by Crippen LogP contribution is -2.40. The van der Waals surface area contributed by atoms with E-state index in [1.807, 2.05) is 17.4 Å². The molecule has 0 bridgehead atoms. The van der Waals surface area contributed by atoms with Crippen LogP contribution in [0, 0.1) is 5.82 Å². The van der Waals surface area contributed by atoms with Crippen molar-refractivity contribution in [1.82, 2.24) is 9.62 Å². The molecule has 198 valence electrons. The van der Waals surface area contributed by atoms with E-state index in [0.717, 1.165) is 55.4 Å². The lowest BCUT2D eigenvalue weighted by molar-refractivity contribution is 0.0964. The summed E-state index contributed by atoms with van der Waals surface area (Å²) in [5.74, 6) is -0.0230. The molecule has 2 heterocycles. The number of halogens is 1. The number of nitrogens with one attached hydrogen (secondary N) is 1. The van der Waals surface area contributed by atoms with Crippen molar-refractivity contribution >= 4 is 46.4 Å². The van der Waals surface area contributed by atoms with Gasteiger partial charge in [-0.15, -0.1) is 0 Å². The number of amides is 1. The van der Waals surface area contributed by atoms with Gasteiger partial charge in [-0.2, -0.15) is 0 Å². The third kappa shape index (κ3) is 5.31. The number of carbonyl (C=O) groups excluding carboxylic acids is 1. The van der Waals surface area contributed by atoms with Crippen molar-refractivity contribution in [1.29, 1.82) is 0 Å². The predicted molar refractivity (Wildman–Crippen MR) is 152 cm³/mol. The number of piperidine rings is 1. The molecule has 0 spiro atoms. The van der Waals surface area contributed by atoms with Crippen molar-refractivity contribution in [2.45, 2.75) is 56.1 Å². The maximum atomic E-state index is 13.6. The maximum absolute atomic E-state index is 13.6. The summed E-state index contributed by atoms with van der Waals surface area (Å²) in [6.45, 7) is 1.57. The molecule has 1 aromatic heterocycles. The number of benzene rings is 2. The zero-order chi connectivity index (χ0) is 26.1. The Labute approximate surface area is 225 Å². The van der Waals surface area contributed by atoms with Crippen LogP contribution >= 0.6 is 0 Å². The van der Waals surface area contributed by atoms with Crippen molar-refractivity contribution < 1.29 is 17.8 Å². The summed E-state index contributed by atoms with van der Waals surface area (Å²) in [7, 11) is 2.54. The fourth-order valence-corrected chi connectivity index (χ4v) is 7.75. The normalized spacial score (nSPS) is 20.2. The molecule has 1 saturated heterocycles. The van der Waals surface area contributed by atoms with Crippen molar-refractivity contribution in [3.05, 3.63) is 53.3 Å². The Balaban J connectivity index is 1.56. The van der Waals surface area contributed by atoms with Gasteiger partial charge in [0, 0.05) is 42.4 Å². The van der Waals surface area contributed by atoms with E-state index in [4.69, 9.17) is 4.42 Å². The van der Waals surface area contributed by atoms with Crippen LogP contribution in [0.3, 0.4) is 0 Å². The van der Waals surface area contributed by atoms with Crippen molar-refractivity contribution in [2.75, 3.05) is 31.5 Å². The molecular weight excluding hydrogens is 509 g/mol. The van der Waals surface area contributed by atoms with Crippen LogP contribution < -0.4 is 9.62 Å². The van der Waals surface area contributed by atoms with Crippen LogP contribution in [0.25, 0.3) is 22.3 Å². The highest BCUT2D eigenvalue weighted by atomic mass is 32.2. The zero-order valence-corrected chi connectivity index (χ0v) is 23.2. The van der Waals surface area contributed by atoms with Gasteiger partial charge >= 0.3 is 0 Å². The molecular formula is C28H35FN3O3S2+. The fraction of sp³-hybridized carbons (Fsp3) is 0.464. The molecule has 37 heavy (non-hydrogen) atoms. The summed E-state index contributed by atoms with van der Waals surface area (Å²) in [6, 6.07) is 9.98. The third-order valence-electron chi connectivity index (χ3n) is 7.67. The van der Waals surface area contributed by atoms with Crippen LogP contribution in [-0.4, -0.2) is 46.9 Å². The highest BCUT2D eigenvalue weighted by Crippen LogP contribution is 2.41. The minimum atomic E-state index is -0.973. The van der Waals surface area contributed by atoms with Gasteiger partial charge in [-0.25, -0.2) is 17.2 Å². The maximum Gasteiger partial charge on any atom is 0.255 e. The highest BCUT2D eigenvalue weighted by Gasteiger charge is 2.33. The molecule has 2 atom stereocenters. The van der Waals surface area contributed by atoms with Crippen molar-refractivity contribution in [3.63, 3.8) is 0 Å². The molecule has 1 N–H and O–H groups in total. The van der Waals surface area contributed by atoms with Crippen molar-refractivity contribution in [3.8, 4) is 11.3 Å². The molecule has 1 saturated carbocycles. The number of furan rings is 1. The summed E-state index contributed by atoms with van der Waals surface area (Å²) in [6.07, 6.45) is 7.63. The Hall–Kier alpha value is -2.36.